The van der Waals surface area contributed by atoms with Crippen LogP contribution in [0.5, 0.6) is 0 Å². The van der Waals surface area contributed by atoms with Crippen LogP contribution in [0, 0.1) is 5.41 Å². The first kappa shape index (κ1) is 29.7. The van der Waals surface area contributed by atoms with Crippen molar-refractivity contribution < 1.29 is 5.11 Å². The fourth-order valence-electron chi connectivity index (χ4n) is 4.47. The van der Waals surface area contributed by atoms with Crippen LogP contribution in [0.4, 0.5) is 0 Å². The van der Waals surface area contributed by atoms with E-state index in [1.807, 2.05) is 0 Å². The van der Waals surface area contributed by atoms with Gasteiger partial charge in [-0.15, -0.1) is 0 Å². The Morgan fingerprint density at radius 3 is 1.70 bits per heavy atom. The molecule has 180 valence electrons. The molecule has 0 aromatic rings. The lowest BCUT2D eigenvalue weighted by Gasteiger charge is -2.33. The molecule has 1 atom stereocenters. The second-order valence-corrected chi connectivity index (χ2v) is 9.84. The van der Waals surface area contributed by atoms with Gasteiger partial charge in [0.15, 0.2) is 0 Å². The molecule has 0 fully saturated rings. The number of rotatable bonds is 24. The van der Waals surface area contributed by atoms with Crippen LogP contribution in [0.3, 0.4) is 0 Å². The largest absolute Gasteiger partial charge is 0.396 e. The molecular weight excluding hydrogens is 366 g/mol. The maximum absolute atomic E-state index is 8.88. The SMILES string of the molecule is C=C(CCCCCCCCC)C(C)(CCCCCCCC)CCCCNCCCO. The van der Waals surface area contributed by atoms with E-state index in [9.17, 15) is 0 Å². The minimum atomic E-state index is 0.293. The van der Waals surface area contributed by atoms with Gasteiger partial charge in [0.05, 0.1) is 0 Å². The lowest BCUT2D eigenvalue weighted by atomic mass is 9.73. The monoisotopic (exact) mass is 423 g/mol. The fourth-order valence-corrected chi connectivity index (χ4v) is 4.47. The van der Waals surface area contributed by atoms with Gasteiger partial charge in [0, 0.05) is 6.61 Å². The van der Waals surface area contributed by atoms with Crippen LogP contribution in [-0.4, -0.2) is 24.8 Å². The van der Waals surface area contributed by atoms with Gasteiger partial charge in [-0.25, -0.2) is 0 Å². The Morgan fingerprint density at radius 2 is 1.13 bits per heavy atom. The zero-order chi connectivity index (χ0) is 22.3. The molecule has 0 saturated heterocycles. The molecule has 1 unspecified atom stereocenters. The molecule has 0 aromatic heterocycles. The van der Waals surface area contributed by atoms with E-state index in [1.165, 1.54) is 121 Å². The molecule has 2 nitrogen and oxygen atoms in total. The summed E-state index contributed by atoms with van der Waals surface area (Å²) in [7, 11) is 0. The molecule has 0 aliphatic heterocycles. The standard InChI is InChI=1S/C28H57NO/c1-5-7-9-11-13-14-16-21-27(3)28(4,22-17-15-12-10-8-6-2)23-18-19-24-29-25-20-26-30/h29-30H,3,5-26H2,1-2,4H3. The molecule has 0 heterocycles. The Balaban J connectivity index is 4.26. The lowest BCUT2D eigenvalue weighted by Crippen LogP contribution is -2.21. The Morgan fingerprint density at radius 1 is 0.667 bits per heavy atom. The number of hydrogen-bond acceptors (Lipinski definition) is 2. The molecule has 0 radical (unpaired) electrons. The quantitative estimate of drug-likeness (QED) is 0.120. The van der Waals surface area contributed by atoms with Crippen molar-refractivity contribution in [2.24, 2.45) is 5.41 Å². The van der Waals surface area contributed by atoms with Gasteiger partial charge in [-0.05, 0) is 57.0 Å². The molecule has 0 aliphatic carbocycles. The van der Waals surface area contributed by atoms with Crippen molar-refractivity contribution in [2.45, 2.75) is 143 Å². The zero-order valence-corrected chi connectivity index (χ0v) is 21.2. The second kappa shape index (κ2) is 21.9. The number of aliphatic hydroxyl groups is 1. The van der Waals surface area contributed by atoms with Crippen LogP contribution < -0.4 is 5.32 Å². The Bertz CT molecular complexity index is 368. The molecule has 0 bridgehead atoms. The average Bonchev–Trinajstić information content (AvgIpc) is 2.74. The summed E-state index contributed by atoms with van der Waals surface area (Å²) in [6, 6.07) is 0. The molecule has 30 heavy (non-hydrogen) atoms. The molecule has 0 aromatic carbocycles. The van der Waals surface area contributed by atoms with Gasteiger partial charge in [-0.3, -0.25) is 0 Å². The highest BCUT2D eigenvalue weighted by Gasteiger charge is 2.26. The van der Waals surface area contributed by atoms with Crippen molar-refractivity contribution in [1.82, 2.24) is 5.32 Å². The van der Waals surface area contributed by atoms with E-state index in [-0.39, 0.29) is 0 Å². The lowest BCUT2D eigenvalue weighted by molar-refractivity contribution is 0.284. The van der Waals surface area contributed by atoms with Crippen molar-refractivity contribution in [3.05, 3.63) is 12.2 Å². The third-order valence-electron chi connectivity index (χ3n) is 6.86. The van der Waals surface area contributed by atoms with Gasteiger partial charge in [-0.1, -0.05) is 116 Å². The highest BCUT2D eigenvalue weighted by Crippen LogP contribution is 2.40. The second-order valence-electron chi connectivity index (χ2n) is 9.84. The maximum atomic E-state index is 8.88. The molecule has 0 saturated carbocycles. The van der Waals surface area contributed by atoms with Gasteiger partial charge >= 0.3 is 0 Å². The van der Waals surface area contributed by atoms with Gasteiger partial charge in [-0.2, -0.15) is 0 Å². The van der Waals surface area contributed by atoms with Crippen LogP contribution in [0.25, 0.3) is 0 Å². The van der Waals surface area contributed by atoms with Crippen molar-refractivity contribution in [3.63, 3.8) is 0 Å². The summed E-state index contributed by atoms with van der Waals surface area (Å²) in [5, 5.41) is 12.3. The predicted molar refractivity (Wildman–Crippen MR) is 136 cm³/mol. The first-order valence-electron chi connectivity index (χ1n) is 13.6. The summed E-state index contributed by atoms with van der Waals surface area (Å²) >= 11 is 0. The Labute approximate surface area is 190 Å². The molecule has 0 rings (SSSR count). The van der Waals surface area contributed by atoms with E-state index in [2.05, 4.69) is 32.7 Å². The molecule has 0 aliphatic rings. The third kappa shape index (κ3) is 17.4. The van der Waals surface area contributed by atoms with Gasteiger partial charge in [0.1, 0.15) is 0 Å². The first-order valence-corrected chi connectivity index (χ1v) is 13.6. The fraction of sp³-hybridized carbons (Fsp3) is 0.929. The summed E-state index contributed by atoms with van der Waals surface area (Å²) in [6.45, 7) is 14.0. The third-order valence-corrected chi connectivity index (χ3v) is 6.86. The molecule has 2 heteroatoms. The number of aliphatic hydroxyl groups excluding tert-OH is 1. The molecule has 2 N–H and O–H groups in total. The zero-order valence-electron chi connectivity index (χ0n) is 21.2. The minimum absolute atomic E-state index is 0.293. The molecule has 0 spiro atoms. The molecule has 0 amide bonds. The Kier molecular flexibility index (Phi) is 21.6. The van der Waals surface area contributed by atoms with E-state index in [0.717, 1.165) is 19.5 Å². The highest BCUT2D eigenvalue weighted by atomic mass is 16.3. The average molecular weight is 424 g/mol. The van der Waals surface area contributed by atoms with Crippen molar-refractivity contribution in [3.8, 4) is 0 Å². The maximum Gasteiger partial charge on any atom is 0.0443 e. The number of nitrogens with one attached hydrogen (secondary N) is 1. The van der Waals surface area contributed by atoms with Gasteiger partial charge in [0.2, 0.25) is 0 Å². The summed E-state index contributed by atoms with van der Waals surface area (Å²) < 4.78 is 0. The van der Waals surface area contributed by atoms with Crippen LogP contribution >= 0.6 is 0 Å². The van der Waals surface area contributed by atoms with Crippen molar-refractivity contribution in [1.29, 1.82) is 0 Å². The van der Waals surface area contributed by atoms with E-state index in [0.29, 0.717) is 12.0 Å². The van der Waals surface area contributed by atoms with Crippen LogP contribution in [-0.2, 0) is 0 Å². The number of allylic oxidation sites excluding steroid dienone is 1. The Hall–Kier alpha value is -0.340. The smallest absolute Gasteiger partial charge is 0.0443 e. The predicted octanol–water partition coefficient (Wildman–Crippen LogP) is 8.58. The van der Waals surface area contributed by atoms with E-state index in [1.54, 1.807) is 0 Å². The minimum Gasteiger partial charge on any atom is -0.396 e. The van der Waals surface area contributed by atoms with Gasteiger partial charge in [0.25, 0.3) is 0 Å². The first-order chi connectivity index (χ1) is 14.6. The van der Waals surface area contributed by atoms with Crippen LogP contribution in [0.1, 0.15) is 143 Å². The van der Waals surface area contributed by atoms with E-state index in [4.69, 9.17) is 5.11 Å². The normalized spacial score (nSPS) is 13.5. The van der Waals surface area contributed by atoms with Crippen molar-refractivity contribution >= 4 is 0 Å². The highest BCUT2D eigenvalue weighted by molar-refractivity contribution is 5.08. The summed E-state index contributed by atoms with van der Waals surface area (Å²) in [4.78, 5) is 0. The van der Waals surface area contributed by atoms with E-state index < -0.39 is 0 Å². The van der Waals surface area contributed by atoms with Gasteiger partial charge < -0.3 is 10.4 Å². The summed E-state index contributed by atoms with van der Waals surface area (Å²) in [5.41, 5.74) is 1.86. The number of hydrogen-bond donors (Lipinski definition) is 2. The van der Waals surface area contributed by atoms with E-state index >= 15 is 0 Å². The summed E-state index contributed by atoms with van der Waals surface area (Å²) in [6.07, 6.45) is 25.2. The van der Waals surface area contributed by atoms with Crippen LogP contribution in [0.2, 0.25) is 0 Å². The van der Waals surface area contributed by atoms with Crippen molar-refractivity contribution in [2.75, 3.05) is 19.7 Å². The number of unbranched alkanes of at least 4 members (excludes halogenated alkanes) is 12. The topological polar surface area (TPSA) is 32.3 Å². The van der Waals surface area contributed by atoms with Crippen LogP contribution in [0.15, 0.2) is 12.2 Å². The molecular formula is C28H57NO. The summed E-state index contributed by atoms with van der Waals surface area (Å²) in [5.74, 6) is 0.